The fourth-order valence-electron chi connectivity index (χ4n) is 2.04. The normalized spacial score (nSPS) is 10.0. The number of aryl methyl sites for hydroxylation is 1. The zero-order valence-electron chi connectivity index (χ0n) is 12.1. The highest BCUT2D eigenvalue weighted by molar-refractivity contribution is 6.04. The van der Waals surface area contributed by atoms with Gasteiger partial charge in [-0.2, -0.15) is 0 Å². The average molecular weight is 282 g/mol. The highest BCUT2D eigenvalue weighted by Crippen LogP contribution is 2.16. The molecule has 0 bridgehead atoms. The Morgan fingerprint density at radius 1 is 0.952 bits per heavy atom. The lowest BCUT2D eigenvalue weighted by Gasteiger charge is -2.11. The summed E-state index contributed by atoms with van der Waals surface area (Å²) >= 11 is 0. The molecular weight excluding hydrogens is 264 g/mol. The quantitative estimate of drug-likeness (QED) is 0.828. The van der Waals surface area contributed by atoms with Gasteiger partial charge in [0.25, 0.3) is 0 Å². The van der Waals surface area contributed by atoms with E-state index in [2.05, 4.69) is 10.6 Å². The maximum atomic E-state index is 12.0. The van der Waals surface area contributed by atoms with Crippen LogP contribution >= 0.6 is 0 Å². The molecule has 0 aromatic heterocycles. The molecule has 0 aliphatic heterocycles. The van der Waals surface area contributed by atoms with Crippen molar-refractivity contribution in [1.82, 2.24) is 0 Å². The fraction of sp³-hybridized carbons (Fsp3) is 0.176. The van der Waals surface area contributed by atoms with Crippen LogP contribution < -0.4 is 10.6 Å². The van der Waals surface area contributed by atoms with Crippen molar-refractivity contribution in [3.63, 3.8) is 0 Å². The first kappa shape index (κ1) is 14.8. The number of nitrogens with one attached hydrogen (secondary N) is 2. The monoisotopic (exact) mass is 282 g/mol. The summed E-state index contributed by atoms with van der Waals surface area (Å²) in [6.07, 6.45) is 0. The van der Waals surface area contributed by atoms with Crippen molar-refractivity contribution >= 4 is 23.1 Å². The Morgan fingerprint density at radius 2 is 1.57 bits per heavy atom. The molecule has 4 heteroatoms. The van der Waals surface area contributed by atoms with Crippen molar-refractivity contribution in [2.45, 2.75) is 13.8 Å². The third kappa shape index (κ3) is 3.92. The van der Waals surface area contributed by atoms with E-state index < -0.39 is 0 Å². The first-order valence-electron chi connectivity index (χ1n) is 6.77. The SMILES string of the molecule is CC(=O)c1ccccc1NC(=O)CNc1ccccc1C. The predicted octanol–water partition coefficient (Wildman–Crippen LogP) is 3.25. The molecule has 0 atom stereocenters. The van der Waals surface area contributed by atoms with Gasteiger partial charge in [-0.05, 0) is 37.6 Å². The summed E-state index contributed by atoms with van der Waals surface area (Å²) in [4.78, 5) is 23.5. The number of amides is 1. The van der Waals surface area contributed by atoms with Gasteiger partial charge in [-0.3, -0.25) is 9.59 Å². The second-order valence-corrected chi connectivity index (χ2v) is 4.82. The Morgan fingerprint density at radius 3 is 2.24 bits per heavy atom. The average Bonchev–Trinajstić information content (AvgIpc) is 2.47. The Hall–Kier alpha value is -2.62. The molecule has 0 fully saturated rings. The lowest BCUT2D eigenvalue weighted by molar-refractivity contribution is -0.114. The second-order valence-electron chi connectivity index (χ2n) is 4.82. The molecule has 0 unspecified atom stereocenters. The van der Waals surface area contributed by atoms with E-state index in [9.17, 15) is 9.59 Å². The predicted molar refractivity (Wildman–Crippen MR) is 84.7 cm³/mol. The minimum atomic E-state index is -0.188. The van der Waals surface area contributed by atoms with Crippen LogP contribution in [0.5, 0.6) is 0 Å². The van der Waals surface area contributed by atoms with Gasteiger partial charge in [0, 0.05) is 11.3 Å². The van der Waals surface area contributed by atoms with E-state index in [4.69, 9.17) is 0 Å². The molecule has 0 radical (unpaired) electrons. The summed E-state index contributed by atoms with van der Waals surface area (Å²) in [5.74, 6) is -0.260. The summed E-state index contributed by atoms with van der Waals surface area (Å²) in [5.41, 5.74) is 3.06. The third-order valence-electron chi connectivity index (χ3n) is 3.16. The van der Waals surface area contributed by atoms with Gasteiger partial charge < -0.3 is 10.6 Å². The molecule has 2 N–H and O–H groups in total. The van der Waals surface area contributed by atoms with E-state index >= 15 is 0 Å². The smallest absolute Gasteiger partial charge is 0.243 e. The van der Waals surface area contributed by atoms with Crippen LogP contribution in [0, 0.1) is 6.92 Å². The van der Waals surface area contributed by atoms with Crippen LogP contribution in [-0.2, 0) is 4.79 Å². The minimum absolute atomic E-state index is 0.0715. The van der Waals surface area contributed by atoms with Crippen molar-refractivity contribution in [2.24, 2.45) is 0 Å². The number of rotatable bonds is 5. The molecule has 0 aliphatic carbocycles. The van der Waals surface area contributed by atoms with Crippen LogP contribution in [0.2, 0.25) is 0 Å². The Kier molecular flexibility index (Phi) is 4.72. The van der Waals surface area contributed by atoms with Gasteiger partial charge in [0.2, 0.25) is 5.91 Å². The van der Waals surface area contributed by atoms with E-state index in [1.54, 1.807) is 24.3 Å². The van der Waals surface area contributed by atoms with Crippen LogP contribution in [-0.4, -0.2) is 18.2 Å². The van der Waals surface area contributed by atoms with Crippen molar-refractivity contribution in [3.8, 4) is 0 Å². The standard InChI is InChI=1S/C17H18N2O2/c1-12-7-3-5-9-15(12)18-11-17(21)19-16-10-6-4-8-14(16)13(2)20/h3-10,18H,11H2,1-2H3,(H,19,21). The van der Waals surface area contributed by atoms with E-state index in [0.717, 1.165) is 11.3 Å². The van der Waals surface area contributed by atoms with Gasteiger partial charge in [0.05, 0.1) is 12.2 Å². The Labute approximate surface area is 124 Å². The zero-order valence-corrected chi connectivity index (χ0v) is 12.1. The zero-order chi connectivity index (χ0) is 15.2. The van der Waals surface area contributed by atoms with E-state index in [1.807, 2.05) is 31.2 Å². The van der Waals surface area contributed by atoms with Crippen molar-refractivity contribution < 1.29 is 9.59 Å². The number of hydrogen-bond acceptors (Lipinski definition) is 3. The highest BCUT2D eigenvalue weighted by Gasteiger charge is 2.09. The van der Waals surface area contributed by atoms with Crippen LogP contribution in [0.3, 0.4) is 0 Å². The van der Waals surface area contributed by atoms with Gasteiger partial charge in [-0.1, -0.05) is 30.3 Å². The number of hydrogen-bond donors (Lipinski definition) is 2. The minimum Gasteiger partial charge on any atom is -0.376 e. The van der Waals surface area contributed by atoms with Crippen molar-refractivity contribution in [2.75, 3.05) is 17.2 Å². The molecule has 2 aromatic carbocycles. The molecule has 2 aromatic rings. The molecule has 4 nitrogen and oxygen atoms in total. The molecule has 0 heterocycles. The van der Waals surface area contributed by atoms with Crippen molar-refractivity contribution in [1.29, 1.82) is 0 Å². The fourth-order valence-corrected chi connectivity index (χ4v) is 2.04. The molecule has 0 spiro atoms. The van der Waals surface area contributed by atoms with E-state index in [-0.39, 0.29) is 18.2 Å². The first-order chi connectivity index (χ1) is 10.1. The number of benzene rings is 2. The Balaban J connectivity index is 2.00. The summed E-state index contributed by atoms with van der Waals surface area (Å²) in [6, 6.07) is 14.8. The lowest BCUT2D eigenvalue weighted by Crippen LogP contribution is -2.23. The topological polar surface area (TPSA) is 58.2 Å². The van der Waals surface area contributed by atoms with Gasteiger partial charge in [0.15, 0.2) is 5.78 Å². The molecular formula is C17H18N2O2. The third-order valence-corrected chi connectivity index (χ3v) is 3.16. The summed E-state index contributed by atoms with van der Waals surface area (Å²) in [5, 5.41) is 5.84. The number of para-hydroxylation sites is 2. The van der Waals surface area contributed by atoms with Gasteiger partial charge in [-0.15, -0.1) is 0 Å². The number of anilines is 2. The van der Waals surface area contributed by atoms with Gasteiger partial charge in [0.1, 0.15) is 0 Å². The molecule has 0 saturated heterocycles. The molecule has 0 aliphatic rings. The summed E-state index contributed by atoms with van der Waals surface area (Å²) < 4.78 is 0. The number of Topliss-reactive ketones (excluding diaryl/α,β-unsaturated/α-hetero) is 1. The maximum absolute atomic E-state index is 12.0. The molecule has 0 saturated carbocycles. The maximum Gasteiger partial charge on any atom is 0.243 e. The lowest BCUT2D eigenvalue weighted by atomic mass is 10.1. The molecule has 1 amide bonds. The van der Waals surface area contributed by atoms with Crippen LogP contribution in [0.1, 0.15) is 22.8 Å². The highest BCUT2D eigenvalue weighted by atomic mass is 16.2. The number of ketones is 1. The molecule has 2 rings (SSSR count). The van der Waals surface area contributed by atoms with Gasteiger partial charge >= 0.3 is 0 Å². The van der Waals surface area contributed by atoms with Crippen LogP contribution in [0.25, 0.3) is 0 Å². The van der Waals surface area contributed by atoms with E-state index in [0.29, 0.717) is 11.3 Å². The largest absolute Gasteiger partial charge is 0.376 e. The van der Waals surface area contributed by atoms with Crippen LogP contribution in [0.15, 0.2) is 48.5 Å². The summed E-state index contributed by atoms with van der Waals surface area (Å²) in [7, 11) is 0. The number of carbonyl (C=O) groups excluding carboxylic acids is 2. The molecule has 21 heavy (non-hydrogen) atoms. The van der Waals surface area contributed by atoms with E-state index in [1.165, 1.54) is 6.92 Å². The molecule has 108 valence electrons. The first-order valence-corrected chi connectivity index (χ1v) is 6.77. The second kappa shape index (κ2) is 6.70. The van der Waals surface area contributed by atoms with Crippen LogP contribution in [0.4, 0.5) is 11.4 Å². The number of carbonyl (C=O) groups is 2. The summed E-state index contributed by atoms with van der Waals surface area (Å²) in [6.45, 7) is 3.61. The Bertz CT molecular complexity index is 665. The van der Waals surface area contributed by atoms with Crippen molar-refractivity contribution in [3.05, 3.63) is 59.7 Å². The van der Waals surface area contributed by atoms with Gasteiger partial charge in [-0.25, -0.2) is 0 Å².